The smallest absolute Gasteiger partial charge is 0.242 e. The second-order valence-electron chi connectivity index (χ2n) is 4.07. The van der Waals surface area contributed by atoms with Crippen molar-refractivity contribution in [3.63, 3.8) is 0 Å². The van der Waals surface area contributed by atoms with E-state index in [1.807, 2.05) is 31.2 Å². The molecule has 0 saturated heterocycles. The van der Waals surface area contributed by atoms with Gasteiger partial charge in [-0.25, -0.2) is 4.98 Å². The van der Waals surface area contributed by atoms with E-state index in [2.05, 4.69) is 31.2 Å². The number of nitrogens with two attached hydrogens (primary N) is 1. The van der Waals surface area contributed by atoms with Gasteiger partial charge in [-0.15, -0.1) is 0 Å². The fraction of sp³-hybridized carbons (Fsp3) is 0.231. The summed E-state index contributed by atoms with van der Waals surface area (Å²) in [6.45, 7) is 2.04. The zero-order chi connectivity index (χ0) is 13.8. The van der Waals surface area contributed by atoms with Gasteiger partial charge in [0.15, 0.2) is 5.82 Å². The SMILES string of the molecule is COc1ncnc(NC(C)c2cccc(Br)c2)c1N. The summed E-state index contributed by atoms with van der Waals surface area (Å²) in [6, 6.07) is 8.13. The molecule has 1 aromatic carbocycles. The van der Waals surface area contributed by atoms with E-state index in [1.165, 1.54) is 13.4 Å². The topological polar surface area (TPSA) is 73.1 Å². The predicted molar refractivity (Wildman–Crippen MR) is 79.2 cm³/mol. The average molecular weight is 323 g/mol. The van der Waals surface area contributed by atoms with E-state index in [9.17, 15) is 0 Å². The maximum Gasteiger partial charge on any atom is 0.242 e. The quantitative estimate of drug-likeness (QED) is 0.905. The van der Waals surface area contributed by atoms with Gasteiger partial charge in [-0.1, -0.05) is 28.1 Å². The zero-order valence-electron chi connectivity index (χ0n) is 10.7. The number of hydrogen-bond acceptors (Lipinski definition) is 5. The van der Waals surface area contributed by atoms with E-state index in [4.69, 9.17) is 10.5 Å². The van der Waals surface area contributed by atoms with Crippen LogP contribution in [0.3, 0.4) is 0 Å². The summed E-state index contributed by atoms with van der Waals surface area (Å²) in [7, 11) is 1.53. The van der Waals surface area contributed by atoms with Gasteiger partial charge >= 0.3 is 0 Å². The molecule has 1 aromatic heterocycles. The lowest BCUT2D eigenvalue weighted by molar-refractivity contribution is 0.399. The second-order valence-corrected chi connectivity index (χ2v) is 4.98. The lowest BCUT2D eigenvalue weighted by Crippen LogP contribution is -2.11. The van der Waals surface area contributed by atoms with Gasteiger partial charge in [0.25, 0.3) is 0 Å². The van der Waals surface area contributed by atoms with Gasteiger partial charge in [0.05, 0.1) is 13.2 Å². The van der Waals surface area contributed by atoms with Crippen LogP contribution in [-0.2, 0) is 0 Å². The third kappa shape index (κ3) is 3.14. The van der Waals surface area contributed by atoms with Gasteiger partial charge in [0.1, 0.15) is 12.0 Å². The molecule has 100 valence electrons. The minimum atomic E-state index is 0.0689. The summed E-state index contributed by atoms with van der Waals surface area (Å²) in [5, 5.41) is 3.25. The highest BCUT2D eigenvalue weighted by atomic mass is 79.9. The first-order chi connectivity index (χ1) is 9.11. The first-order valence-electron chi connectivity index (χ1n) is 5.78. The van der Waals surface area contributed by atoms with Crippen molar-refractivity contribution in [2.45, 2.75) is 13.0 Å². The molecule has 0 amide bonds. The van der Waals surface area contributed by atoms with Crippen molar-refractivity contribution in [1.29, 1.82) is 0 Å². The number of anilines is 2. The van der Waals surface area contributed by atoms with E-state index >= 15 is 0 Å². The third-order valence-corrected chi connectivity index (χ3v) is 3.24. The monoisotopic (exact) mass is 322 g/mol. The van der Waals surface area contributed by atoms with Crippen molar-refractivity contribution in [3.05, 3.63) is 40.6 Å². The Balaban J connectivity index is 2.21. The molecule has 0 aliphatic carbocycles. The van der Waals surface area contributed by atoms with Gasteiger partial charge < -0.3 is 15.8 Å². The fourth-order valence-corrected chi connectivity index (χ4v) is 2.14. The molecule has 0 radical (unpaired) electrons. The molecule has 2 aromatic rings. The van der Waals surface area contributed by atoms with Gasteiger partial charge in [-0.05, 0) is 24.6 Å². The number of nitrogens with zero attached hydrogens (tertiary/aromatic N) is 2. The molecule has 1 atom stereocenters. The van der Waals surface area contributed by atoms with Crippen molar-refractivity contribution >= 4 is 27.4 Å². The van der Waals surface area contributed by atoms with Gasteiger partial charge in [-0.3, -0.25) is 0 Å². The lowest BCUT2D eigenvalue weighted by Gasteiger charge is -2.17. The van der Waals surface area contributed by atoms with Crippen LogP contribution in [0.4, 0.5) is 11.5 Å². The highest BCUT2D eigenvalue weighted by molar-refractivity contribution is 9.10. The molecule has 6 heteroatoms. The Labute approximate surface area is 120 Å². The molecule has 3 N–H and O–H groups in total. The number of methoxy groups -OCH3 is 1. The Hall–Kier alpha value is -1.82. The molecule has 0 bridgehead atoms. The summed E-state index contributed by atoms with van der Waals surface area (Å²) >= 11 is 3.46. The predicted octanol–water partition coefficient (Wildman–Crippen LogP) is 3.00. The van der Waals surface area contributed by atoms with Crippen LogP contribution in [0.1, 0.15) is 18.5 Å². The molecular formula is C13H15BrN4O. The van der Waals surface area contributed by atoms with Crippen molar-refractivity contribution in [1.82, 2.24) is 9.97 Å². The molecule has 2 rings (SSSR count). The normalized spacial score (nSPS) is 11.9. The first kappa shape index (κ1) is 13.6. The van der Waals surface area contributed by atoms with E-state index in [-0.39, 0.29) is 6.04 Å². The molecule has 0 spiro atoms. The van der Waals surface area contributed by atoms with Crippen LogP contribution < -0.4 is 15.8 Å². The minimum absolute atomic E-state index is 0.0689. The highest BCUT2D eigenvalue weighted by Gasteiger charge is 2.12. The largest absolute Gasteiger partial charge is 0.479 e. The summed E-state index contributed by atoms with van der Waals surface area (Å²) in [5.41, 5.74) is 7.47. The Morgan fingerprint density at radius 2 is 2.16 bits per heavy atom. The Bertz CT molecular complexity index is 576. The Morgan fingerprint density at radius 1 is 1.37 bits per heavy atom. The van der Waals surface area contributed by atoms with Crippen LogP contribution in [-0.4, -0.2) is 17.1 Å². The molecule has 1 unspecified atom stereocenters. The number of nitrogens with one attached hydrogen (secondary N) is 1. The van der Waals surface area contributed by atoms with E-state index in [0.29, 0.717) is 17.4 Å². The van der Waals surface area contributed by atoms with Crippen LogP contribution in [0.15, 0.2) is 35.1 Å². The summed E-state index contributed by atoms with van der Waals surface area (Å²) in [4.78, 5) is 8.08. The van der Waals surface area contributed by atoms with Crippen molar-refractivity contribution in [2.75, 3.05) is 18.2 Å². The summed E-state index contributed by atoms with van der Waals surface area (Å²) in [5.74, 6) is 0.943. The molecule has 1 heterocycles. The number of rotatable bonds is 4. The van der Waals surface area contributed by atoms with E-state index < -0.39 is 0 Å². The van der Waals surface area contributed by atoms with Crippen LogP contribution in [0.25, 0.3) is 0 Å². The fourth-order valence-electron chi connectivity index (χ4n) is 1.72. The summed E-state index contributed by atoms with van der Waals surface area (Å²) in [6.07, 6.45) is 1.42. The van der Waals surface area contributed by atoms with E-state index in [1.54, 1.807) is 0 Å². The van der Waals surface area contributed by atoms with Crippen molar-refractivity contribution in [3.8, 4) is 5.88 Å². The number of ether oxygens (including phenoxy) is 1. The third-order valence-electron chi connectivity index (χ3n) is 2.74. The Kier molecular flexibility index (Phi) is 4.21. The molecule has 0 aliphatic heterocycles. The number of nitrogen functional groups attached to an aromatic ring is 1. The van der Waals surface area contributed by atoms with Crippen LogP contribution in [0.2, 0.25) is 0 Å². The van der Waals surface area contributed by atoms with Gasteiger partial charge in [-0.2, -0.15) is 4.98 Å². The van der Waals surface area contributed by atoms with Crippen molar-refractivity contribution < 1.29 is 4.74 Å². The highest BCUT2D eigenvalue weighted by Crippen LogP contribution is 2.28. The number of hydrogen-bond donors (Lipinski definition) is 2. The van der Waals surface area contributed by atoms with E-state index in [0.717, 1.165) is 10.0 Å². The number of halogens is 1. The van der Waals surface area contributed by atoms with Gasteiger partial charge in [0, 0.05) is 4.47 Å². The molecule has 0 fully saturated rings. The number of benzene rings is 1. The standard InChI is InChI=1S/C13H15BrN4O/c1-8(9-4-3-5-10(14)6-9)18-12-11(15)13(19-2)17-7-16-12/h3-8H,15H2,1-2H3,(H,16,17,18). The molecule has 0 aliphatic rings. The molecule has 0 saturated carbocycles. The molecular weight excluding hydrogens is 308 g/mol. The van der Waals surface area contributed by atoms with Crippen LogP contribution >= 0.6 is 15.9 Å². The lowest BCUT2D eigenvalue weighted by atomic mass is 10.1. The van der Waals surface area contributed by atoms with Gasteiger partial charge in [0.2, 0.25) is 5.88 Å². The minimum Gasteiger partial charge on any atom is -0.479 e. The molecule has 5 nitrogen and oxygen atoms in total. The number of aromatic nitrogens is 2. The average Bonchev–Trinajstić information content (AvgIpc) is 2.41. The van der Waals surface area contributed by atoms with Crippen LogP contribution in [0.5, 0.6) is 5.88 Å². The van der Waals surface area contributed by atoms with Crippen LogP contribution in [0, 0.1) is 0 Å². The van der Waals surface area contributed by atoms with Crippen molar-refractivity contribution in [2.24, 2.45) is 0 Å². The Morgan fingerprint density at radius 3 is 2.84 bits per heavy atom. The second kappa shape index (κ2) is 5.88. The first-order valence-corrected chi connectivity index (χ1v) is 6.57. The maximum atomic E-state index is 5.93. The molecule has 19 heavy (non-hydrogen) atoms. The zero-order valence-corrected chi connectivity index (χ0v) is 12.3. The summed E-state index contributed by atoms with van der Waals surface area (Å²) < 4.78 is 6.10. The maximum absolute atomic E-state index is 5.93.